The van der Waals surface area contributed by atoms with E-state index in [9.17, 15) is 0 Å². The molecule has 13 heavy (non-hydrogen) atoms. The van der Waals surface area contributed by atoms with E-state index in [0.29, 0.717) is 5.82 Å². The standard InChI is InChI=1S/C9H12N4/c1-3-13-5-12-7-6(2)4-11-9(10)8(7)13/h4-5H,3H2,1-2H3,(H2,10,11). The first kappa shape index (κ1) is 8.04. The van der Waals surface area contributed by atoms with Crippen LogP contribution in [0.5, 0.6) is 0 Å². The third-order valence-corrected chi connectivity index (χ3v) is 2.19. The zero-order valence-corrected chi connectivity index (χ0v) is 7.78. The molecule has 0 spiro atoms. The summed E-state index contributed by atoms with van der Waals surface area (Å²) in [6, 6.07) is 0. The fourth-order valence-electron chi connectivity index (χ4n) is 1.47. The highest BCUT2D eigenvalue weighted by atomic mass is 15.1. The number of hydrogen-bond acceptors (Lipinski definition) is 3. The molecular formula is C9H12N4. The van der Waals surface area contributed by atoms with E-state index in [1.54, 1.807) is 12.5 Å². The Morgan fingerprint density at radius 3 is 2.92 bits per heavy atom. The lowest BCUT2D eigenvalue weighted by atomic mass is 10.2. The van der Waals surface area contributed by atoms with Gasteiger partial charge in [-0.2, -0.15) is 0 Å². The maximum atomic E-state index is 5.77. The second kappa shape index (κ2) is 2.73. The van der Waals surface area contributed by atoms with Gasteiger partial charge in [-0.15, -0.1) is 0 Å². The molecule has 0 bridgehead atoms. The Morgan fingerprint density at radius 2 is 2.23 bits per heavy atom. The molecule has 4 heteroatoms. The molecule has 0 fully saturated rings. The van der Waals surface area contributed by atoms with Crippen molar-refractivity contribution >= 4 is 16.9 Å². The summed E-state index contributed by atoms with van der Waals surface area (Å²) in [4.78, 5) is 8.40. The second-order valence-electron chi connectivity index (χ2n) is 3.05. The van der Waals surface area contributed by atoms with Crippen molar-refractivity contribution in [2.24, 2.45) is 0 Å². The minimum Gasteiger partial charge on any atom is -0.382 e. The summed E-state index contributed by atoms with van der Waals surface area (Å²) in [5.41, 5.74) is 8.74. The number of aromatic nitrogens is 3. The van der Waals surface area contributed by atoms with Crippen LogP contribution in [0.1, 0.15) is 12.5 Å². The molecule has 0 aliphatic carbocycles. The van der Waals surface area contributed by atoms with E-state index in [1.807, 2.05) is 11.5 Å². The van der Waals surface area contributed by atoms with Crippen molar-refractivity contribution in [2.75, 3.05) is 5.73 Å². The number of nitrogens with zero attached hydrogens (tertiary/aromatic N) is 3. The Kier molecular flexibility index (Phi) is 1.69. The first-order valence-corrected chi connectivity index (χ1v) is 4.30. The van der Waals surface area contributed by atoms with Crippen LogP contribution in [0.4, 0.5) is 5.82 Å². The Morgan fingerprint density at radius 1 is 1.46 bits per heavy atom. The molecule has 2 aromatic heterocycles. The fourth-order valence-corrected chi connectivity index (χ4v) is 1.47. The highest BCUT2D eigenvalue weighted by Gasteiger charge is 2.07. The van der Waals surface area contributed by atoms with Crippen molar-refractivity contribution in [3.05, 3.63) is 18.1 Å². The highest BCUT2D eigenvalue weighted by Crippen LogP contribution is 2.20. The molecule has 0 saturated heterocycles. The van der Waals surface area contributed by atoms with Gasteiger partial charge in [0.2, 0.25) is 0 Å². The number of imidazole rings is 1. The number of nitrogens with two attached hydrogens (primary N) is 1. The van der Waals surface area contributed by atoms with E-state index >= 15 is 0 Å². The molecule has 4 nitrogen and oxygen atoms in total. The smallest absolute Gasteiger partial charge is 0.149 e. The fraction of sp³-hybridized carbons (Fsp3) is 0.333. The molecule has 2 aromatic rings. The maximum Gasteiger partial charge on any atom is 0.149 e. The van der Waals surface area contributed by atoms with E-state index in [2.05, 4.69) is 16.9 Å². The van der Waals surface area contributed by atoms with Crippen LogP contribution in [0.3, 0.4) is 0 Å². The zero-order valence-electron chi connectivity index (χ0n) is 7.78. The van der Waals surface area contributed by atoms with E-state index < -0.39 is 0 Å². The van der Waals surface area contributed by atoms with Crippen LogP contribution in [0.2, 0.25) is 0 Å². The third-order valence-electron chi connectivity index (χ3n) is 2.19. The van der Waals surface area contributed by atoms with Gasteiger partial charge in [0, 0.05) is 12.7 Å². The lowest BCUT2D eigenvalue weighted by Gasteiger charge is -2.02. The lowest BCUT2D eigenvalue weighted by Crippen LogP contribution is -1.98. The highest BCUT2D eigenvalue weighted by molar-refractivity contribution is 5.87. The van der Waals surface area contributed by atoms with Gasteiger partial charge in [0.15, 0.2) is 0 Å². The van der Waals surface area contributed by atoms with Gasteiger partial charge in [-0.05, 0) is 19.4 Å². The maximum absolute atomic E-state index is 5.77. The lowest BCUT2D eigenvalue weighted by molar-refractivity contribution is 0.787. The monoisotopic (exact) mass is 176 g/mol. The third kappa shape index (κ3) is 1.06. The molecule has 0 saturated carbocycles. The summed E-state index contributed by atoms with van der Waals surface area (Å²) in [6.45, 7) is 4.91. The molecule has 0 amide bonds. The number of nitrogen functional groups attached to an aromatic ring is 1. The van der Waals surface area contributed by atoms with E-state index in [0.717, 1.165) is 23.1 Å². The summed E-state index contributed by atoms with van der Waals surface area (Å²) in [5, 5.41) is 0. The van der Waals surface area contributed by atoms with E-state index in [4.69, 9.17) is 5.73 Å². The predicted molar refractivity (Wildman–Crippen MR) is 52.4 cm³/mol. The van der Waals surface area contributed by atoms with Crippen molar-refractivity contribution in [3.63, 3.8) is 0 Å². The van der Waals surface area contributed by atoms with Gasteiger partial charge in [0.25, 0.3) is 0 Å². The van der Waals surface area contributed by atoms with Crippen LogP contribution < -0.4 is 5.73 Å². The zero-order chi connectivity index (χ0) is 9.42. The first-order chi connectivity index (χ1) is 6.24. The van der Waals surface area contributed by atoms with Gasteiger partial charge >= 0.3 is 0 Å². The molecule has 0 atom stereocenters. The number of fused-ring (bicyclic) bond motifs is 1. The number of aryl methyl sites for hydroxylation is 2. The average molecular weight is 176 g/mol. The molecule has 0 radical (unpaired) electrons. The molecule has 0 aliphatic rings. The van der Waals surface area contributed by atoms with Crippen LogP contribution in [-0.4, -0.2) is 14.5 Å². The van der Waals surface area contributed by atoms with Crippen LogP contribution >= 0.6 is 0 Å². The van der Waals surface area contributed by atoms with Crippen LogP contribution in [-0.2, 0) is 6.54 Å². The van der Waals surface area contributed by atoms with Gasteiger partial charge in [-0.25, -0.2) is 9.97 Å². The Labute approximate surface area is 76.4 Å². The molecule has 68 valence electrons. The van der Waals surface area contributed by atoms with Crippen molar-refractivity contribution in [3.8, 4) is 0 Å². The molecule has 2 heterocycles. The molecule has 2 N–H and O–H groups in total. The normalized spacial score (nSPS) is 10.9. The van der Waals surface area contributed by atoms with Gasteiger partial charge in [0.1, 0.15) is 11.3 Å². The van der Waals surface area contributed by atoms with Crippen molar-refractivity contribution < 1.29 is 0 Å². The number of pyridine rings is 1. The van der Waals surface area contributed by atoms with Crippen molar-refractivity contribution in [1.82, 2.24) is 14.5 Å². The quantitative estimate of drug-likeness (QED) is 0.713. The molecule has 0 aliphatic heterocycles. The minimum absolute atomic E-state index is 0.556. The molecule has 0 unspecified atom stereocenters. The Bertz CT molecular complexity index is 444. The van der Waals surface area contributed by atoms with Crippen LogP contribution in [0.25, 0.3) is 11.0 Å². The Hall–Kier alpha value is -1.58. The number of rotatable bonds is 1. The van der Waals surface area contributed by atoms with E-state index in [1.165, 1.54) is 0 Å². The average Bonchev–Trinajstić information content (AvgIpc) is 2.56. The summed E-state index contributed by atoms with van der Waals surface area (Å²) >= 11 is 0. The topological polar surface area (TPSA) is 56.7 Å². The van der Waals surface area contributed by atoms with Crippen molar-refractivity contribution in [2.45, 2.75) is 20.4 Å². The van der Waals surface area contributed by atoms with Gasteiger partial charge < -0.3 is 10.3 Å². The minimum atomic E-state index is 0.556. The molecular weight excluding hydrogens is 164 g/mol. The van der Waals surface area contributed by atoms with E-state index in [-0.39, 0.29) is 0 Å². The summed E-state index contributed by atoms with van der Waals surface area (Å²) in [5.74, 6) is 0.556. The predicted octanol–water partition coefficient (Wildman–Crippen LogP) is 1.34. The van der Waals surface area contributed by atoms with Crippen LogP contribution in [0.15, 0.2) is 12.5 Å². The largest absolute Gasteiger partial charge is 0.382 e. The Balaban J connectivity index is 2.87. The number of anilines is 1. The second-order valence-corrected chi connectivity index (χ2v) is 3.05. The van der Waals surface area contributed by atoms with Crippen molar-refractivity contribution in [1.29, 1.82) is 0 Å². The van der Waals surface area contributed by atoms with Crippen LogP contribution in [0, 0.1) is 6.92 Å². The van der Waals surface area contributed by atoms with Gasteiger partial charge in [-0.3, -0.25) is 0 Å². The van der Waals surface area contributed by atoms with Gasteiger partial charge in [0.05, 0.1) is 11.8 Å². The van der Waals surface area contributed by atoms with Gasteiger partial charge in [-0.1, -0.05) is 0 Å². The molecule has 0 aromatic carbocycles. The first-order valence-electron chi connectivity index (χ1n) is 4.30. The summed E-state index contributed by atoms with van der Waals surface area (Å²) in [6.07, 6.45) is 3.56. The molecule has 2 rings (SSSR count). The number of hydrogen-bond donors (Lipinski definition) is 1. The SMILES string of the molecule is CCn1cnc2c(C)cnc(N)c21. The summed E-state index contributed by atoms with van der Waals surface area (Å²) < 4.78 is 2.00. The summed E-state index contributed by atoms with van der Waals surface area (Å²) in [7, 11) is 0.